The molecule has 2 aromatic rings. The highest BCUT2D eigenvalue weighted by atomic mass is 16.5. The van der Waals surface area contributed by atoms with Crippen LogP contribution >= 0.6 is 0 Å². The first-order chi connectivity index (χ1) is 14.5. The molecule has 0 radical (unpaired) electrons. The van der Waals surface area contributed by atoms with Gasteiger partial charge in [-0.15, -0.1) is 0 Å². The minimum Gasteiger partial charge on any atom is -0.493 e. The van der Waals surface area contributed by atoms with E-state index in [1.54, 1.807) is 39.3 Å². The lowest BCUT2D eigenvalue weighted by atomic mass is 10.1. The van der Waals surface area contributed by atoms with Crippen LogP contribution in [0.25, 0.3) is 0 Å². The number of ether oxygens (including phenoxy) is 3. The molecule has 4 N–H and O–H groups in total. The Morgan fingerprint density at radius 1 is 1.03 bits per heavy atom. The van der Waals surface area contributed by atoms with Crippen LogP contribution in [0.2, 0.25) is 0 Å². The van der Waals surface area contributed by atoms with E-state index in [0.717, 1.165) is 17.7 Å². The second-order valence-corrected chi connectivity index (χ2v) is 6.56. The molecule has 0 bridgehead atoms. The molecule has 0 aromatic heterocycles. The summed E-state index contributed by atoms with van der Waals surface area (Å²) in [5.74, 6) is 0.937. The average Bonchev–Trinajstić information content (AvgIpc) is 2.77. The normalized spacial score (nSPS) is 11.5. The van der Waals surface area contributed by atoms with E-state index in [2.05, 4.69) is 10.6 Å². The van der Waals surface area contributed by atoms with Crippen LogP contribution in [0.5, 0.6) is 11.5 Å². The largest absolute Gasteiger partial charge is 0.493 e. The van der Waals surface area contributed by atoms with Crippen LogP contribution in [-0.4, -0.2) is 62.8 Å². The maximum atomic E-state index is 12.0. The van der Waals surface area contributed by atoms with Gasteiger partial charge in [-0.3, -0.25) is 0 Å². The van der Waals surface area contributed by atoms with E-state index in [-0.39, 0.29) is 19.8 Å². The Balaban J connectivity index is 2.10. The van der Waals surface area contributed by atoms with Gasteiger partial charge >= 0.3 is 5.97 Å². The third kappa shape index (κ3) is 6.53. The number of aliphatic hydroxyl groups excluding tert-OH is 2. The Hall–Kier alpha value is -2.97. The Morgan fingerprint density at radius 2 is 1.80 bits per heavy atom. The smallest absolute Gasteiger partial charge is 0.338 e. The van der Waals surface area contributed by atoms with Crippen molar-refractivity contribution in [2.75, 3.05) is 51.2 Å². The molecule has 0 spiro atoms. The van der Waals surface area contributed by atoms with Crippen molar-refractivity contribution in [2.24, 2.45) is 0 Å². The molecule has 2 aromatic carbocycles. The molecule has 0 heterocycles. The fourth-order valence-electron chi connectivity index (χ4n) is 2.86. The van der Waals surface area contributed by atoms with E-state index >= 15 is 0 Å². The zero-order chi connectivity index (χ0) is 21.9. The topological polar surface area (TPSA) is 109 Å². The Bertz CT molecular complexity index is 827. The first kappa shape index (κ1) is 23.3. The van der Waals surface area contributed by atoms with Crippen LogP contribution in [0, 0.1) is 0 Å². The molecule has 1 unspecified atom stereocenters. The Morgan fingerprint density at radius 3 is 2.47 bits per heavy atom. The van der Waals surface area contributed by atoms with Gasteiger partial charge in [-0.1, -0.05) is 6.07 Å². The van der Waals surface area contributed by atoms with Gasteiger partial charge in [0, 0.05) is 13.1 Å². The highest BCUT2D eigenvalue weighted by Gasteiger charge is 2.12. The second kappa shape index (κ2) is 11.9. The van der Waals surface area contributed by atoms with Gasteiger partial charge in [0.25, 0.3) is 0 Å². The standard InChI is InChI=1S/C22H30N2O6/c1-4-30-22(27)16-6-7-18(19(12-16)24-13-17(26)14-25)23-10-9-15-5-8-20(28-2)21(11-15)29-3/h5-8,11-12,17,23-26H,4,9-10,13-14H2,1-3H3. The zero-order valence-electron chi connectivity index (χ0n) is 17.6. The third-order valence-electron chi connectivity index (χ3n) is 4.45. The minimum absolute atomic E-state index is 0.146. The summed E-state index contributed by atoms with van der Waals surface area (Å²) in [4.78, 5) is 12.0. The van der Waals surface area contributed by atoms with Crippen LogP contribution in [0.4, 0.5) is 11.4 Å². The van der Waals surface area contributed by atoms with Gasteiger partial charge in [0.05, 0.1) is 50.5 Å². The van der Waals surface area contributed by atoms with E-state index in [0.29, 0.717) is 29.3 Å². The van der Waals surface area contributed by atoms with Gasteiger partial charge in [0.15, 0.2) is 11.5 Å². The van der Waals surface area contributed by atoms with Crippen molar-refractivity contribution in [3.8, 4) is 11.5 Å². The first-order valence-electron chi connectivity index (χ1n) is 9.81. The summed E-state index contributed by atoms with van der Waals surface area (Å²) in [5.41, 5.74) is 2.89. The molecule has 8 nitrogen and oxygen atoms in total. The number of nitrogens with one attached hydrogen (secondary N) is 2. The fourth-order valence-corrected chi connectivity index (χ4v) is 2.86. The number of carbonyl (C=O) groups excluding carboxylic acids is 1. The lowest BCUT2D eigenvalue weighted by molar-refractivity contribution is 0.0526. The number of rotatable bonds is 12. The van der Waals surface area contributed by atoms with Crippen LogP contribution in [0.15, 0.2) is 36.4 Å². The van der Waals surface area contributed by atoms with E-state index < -0.39 is 12.1 Å². The fraction of sp³-hybridized carbons (Fsp3) is 0.409. The number of aliphatic hydroxyl groups is 2. The quantitative estimate of drug-likeness (QED) is 0.389. The predicted molar refractivity (Wildman–Crippen MR) is 116 cm³/mol. The molecule has 0 aliphatic heterocycles. The molecular formula is C22H30N2O6. The highest BCUT2D eigenvalue weighted by molar-refractivity contribution is 5.92. The molecule has 0 fully saturated rings. The Labute approximate surface area is 176 Å². The predicted octanol–water partition coefficient (Wildman–Crippen LogP) is 2.30. The number of hydrogen-bond acceptors (Lipinski definition) is 8. The SMILES string of the molecule is CCOC(=O)c1ccc(NCCc2ccc(OC)c(OC)c2)c(NCC(O)CO)c1. The summed E-state index contributed by atoms with van der Waals surface area (Å²) in [5, 5.41) is 25.1. The van der Waals surface area contributed by atoms with Crippen molar-refractivity contribution in [3.63, 3.8) is 0 Å². The number of esters is 1. The van der Waals surface area contributed by atoms with Crippen molar-refractivity contribution < 1.29 is 29.2 Å². The maximum Gasteiger partial charge on any atom is 0.338 e. The average molecular weight is 418 g/mol. The van der Waals surface area contributed by atoms with Crippen molar-refractivity contribution in [1.82, 2.24) is 0 Å². The summed E-state index contributed by atoms with van der Waals surface area (Å²) in [7, 11) is 3.20. The molecule has 0 aliphatic rings. The number of carbonyl (C=O) groups is 1. The van der Waals surface area contributed by atoms with Crippen LogP contribution in [-0.2, 0) is 11.2 Å². The number of methoxy groups -OCH3 is 2. The first-order valence-corrected chi connectivity index (χ1v) is 9.81. The number of benzene rings is 2. The lowest BCUT2D eigenvalue weighted by Crippen LogP contribution is -2.23. The highest BCUT2D eigenvalue weighted by Crippen LogP contribution is 2.28. The van der Waals surface area contributed by atoms with E-state index in [1.807, 2.05) is 18.2 Å². The molecule has 0 saturated heterocycles. The zero-order valence-corrected chi connectivity index (χ0v) is 17.6. The summed E-state index contributed by atoms with van der Waals surface area (Å²) < 4.78 is 15.6. The minimum atomic E-state index is -0.907. The van der Waals surface area contributed by atoms with Gasteiger partial charge in [0.1, 0.15) is 0 Å². The van der Waals surface area contributed by atoms with Gasteiger partial charge in [-0.05, 0) is 49.2 Å². The summed E-state index contributed by atoms with van der Waals surface area (Å²) >= 11 is 0. The van der Waals surface area contributed by atoms with Gasteiger partial charge < -0.3 is 35.1 Å². The molecule has 0 aliphatic carbocycles. The van der Waals surface area contributed by atoms with Crippen LogP contribution < -0.4 is 20.1 Å². The molecule has 30 heavy (non-hydrogen) atoms. The van der Waals surface area contributed by atoms with Crippen LogP contribution in [0.1, 0.15) is 22.8 Å². The van der Waals surface area contributed by atoms with Gasteiger partial charge in [-0.25, -0.2) is 4.79 Å². The second-order valence-electron chi connectivity index (χ2n) is 6.56. The molecule has 164 valence electrons. The lowest BCUT2D eigenvalue weighted by Gasteiger charge is -2.17. The van der Waals surface area contributed by atoms with Crippen molar-refractivity contribution in [2.45, 2.75) is 19.4 Å². The summed E-state index contributed by atoms with van der Waals surface area (Å²) in [6.07, 6.45) is -0.172. The molecular weight excluding hydrogens is 388 g/mol. The molecule has 2 rings (SSSR count). The molecule has 1 atom stereocenters. The summed E-state index contributed by atoms with van der Waals surface area (Å²) in [6.45, 7) is 2.46. The Kier molecular flexibility index (Phi) is 9.24. The molecule has 0 amide bonds. The number of anilines is 2. The van der Waals surface area contributed by atoms with E-state index in [4.69, 9.17) is 19.3 Å². The van der Waals surface area contributed by atoms with Gasteiger partial charge in [-0.2, -0.15) is 0 Å². The van der Waals surface area contributed by atoms with Crippen LogP contribution in [0.3, 0.4) is 0 Å². The molecule has 0 saturated carbocycles. The van der Waals surface area contributed by atoms with Crippen molar-refractivity contribution in [3.05, 3.63) is 47.5 Å². The van der Waals surface area contributed by atoms with Crippen molar-refractivity contribution >= 4 is 17.3 Å². The summed E-state index contributed by atoms with van der Waals surface area (Å²) in [6, 6.07) is 10.9. The number of hydrogen-bond donors (Lipinski definition) is 4. The monoisotopic (exact) mass is 418 g/mol. The molecule has 8 heteroatoms. The van der Waals surface area contributed by atoms with Gasteiger partial charge in [0.2, 0.25) is 0 Å². The maximum absolute atomic E-state index is 12.0. The van der Waals surface area contributed by atoms with E-state index in [1.165, 1.54) is 0 Å². The third-order valence-corrected chi connectivity index (χ3v) is 4.45. The van der Waals surface area contributed by atoms with Crippen molar-refractivity contribution in [1.29, 1.82) is 0 Å². The van der Waals surface area contributed by atoms with E-state index in [9.17, 15) is 9.90 Å².